The molecule has 0 radical (unpaired) electrons. The van der Waals surface area contributed by atoms with E-state index in [2.05, 4.69) is 106 Å². The zero-order valence-corrected chi connectivity index (χ0v) is 50.3. The Morgan fingerprint density at radius 3 is 0.803 bits per heavy atom. The lowest BCUT2D eigenvalue weighted by Crippen LogP contribution is -2.30. The van der Waals surface area contributed by atoms with Gasteiger partial charge in [-0.1, -0.05) is 292 Å². The van der Waals surface area contributed by atoms with Gasteiger partial charge in [0.25, 0.3) is 0 Å². The maximum absolute atomic E-state index is 12.9. The van der Waals surface area contributed by atoms with E-state index >= 15 is 0 Å². The molecule has 0 bridgehead atoms. The summed E-state index contributed by atoms with van der Waals surface area (Å²) in [7, 11) is 0. The molecule has 0 heterocycles. The van der Waals surface area contributed by atoms with Crippen LogP contribution in [0.4, 0.5) is 0 Å². The van der Waals surface area contributed by atoms with Crippen molar-refractivity contribution < 1.29 is 28.6 Å². The van der Waals surface area contributed by atoms with Gasteiger partial charge in [0.05, 0.1) is 0 Å². The molecule has 0 aromatic carbocycles. The predicted octanol–water partition coefficient (Wildman–Crippen LogP) is 22.3. The summed E-state index contributed by atoms with van der Waals surface area (Å²) >= 11 is 0. The Bertz CT molecular complexity index is 1450. The Hall–Kier alpha value is -3.41. The number of carbonyl (C=O) groups excluding carboxylic acids is 3. The highest BCUT2D eigenvalue weighted by Gasteiger charge is 2.19. The number of esters is 3. The van der Waals surface area contributed by atoms with Crippen LogP contribution >= 0.6 is 0 Å². The van der Waals surface area contributed by atoms with Crippen LogP contribution in [-0.2, 0) is 28.6 Å². The van der Waals surface area contributed by atoms with Crippen molar-refractivity contribution in [1.82, 2.24) is 0 Å². The Labute approximate surface area is 471 Å². The molecule has 0 saturated heterocycles. The first kappa shape index (κ1) is 72.6. The summed E-state index contributed by atoms with van der Waals surface area (Å²) in [5.74, 6) is -0.878. The van der Waals surface area contributed by atoms with Gasteiger partial charge in [0.2, 0.25) is 0 Å². The highest BCUT2D eigenvalue weighted by molar-refractivity contribution is 5.71. The first-order valence-corrected chi connectivity index (χ1v) is 32.6. The monoisotopic (exact) mass is 1060 g/mol. The fourth-order valence-corrected chi connectivity index (χ4v) is 9.27. The molecule has 6 nitrogen and oxygen atoms in total. The maximum Gasteiger partial charge on any atom is 0.306 e. The molecule has 76 heavy (non-hydrogen) atoms. The molecule has 0 saturated carbocycles. The minimum Gasteiger partial charge on any atom is -0.462 e. The van der Waals surface area contributed by atoms with E-state index in [1.165, 1.54) is 186 Å². The molecular formula is C70H122O6. The van der Waals surface area contributed by atoms with E-state index in [4.69, 9.17) is 14.2 Å². The van der Waals surface area contributed by atoms with Crippen molar-refractivity contribution in [2.45, 2.75) is 329 Å². The summed E-state index contributed by atoms with van der Waals surface area (Å²) < 4.78 is 16.8. The summed E-state index contributed by atoms with van der Waals surface area (Å²) in [5, 5.41) is 0. The van der Waals surface area contributed by atoms with Crippen molar-refractivity contribution in [3.05, 3.63) is 85.1 Å². The summed E-state index contributed by atoms with van der Waals surface area (Å²) in [6.45, 7) is 6.48. The Morgan fingerprint density at radius 2 is 0.513 bits per heavy atom. The average molecular weight is 1060 g/mol. The van der Waals surface area contributed by atoms with Crippen LogP contribution in [0.15, 0.2) is 85.1 Å². The van der Waals surface area contributed by atoms with Gasteiger partial charge in [0.15, 0.2) is 6.10 Å². The van der Waals surface area contributed by atoms with Gasteiger partial charge in [0, 0.05) is 19.3 Å². The molecular weight excluding hydrogens is 937 g/mol. The van der Waals surface area contributed by atoms with Crippen molar-refractivity contribution in [1.29, 1.82) is 0 Å². The van der Waals surface area contributed by atoms with Gasteiger partial charge in [-0.2, -0.15) is 0 Å². The average Bonchev–Trinajstić information content (AvgIpc) is 3.42. The molecule has 6 heteroatoms. The Morgan fingerprint density at radius 1 is 0.276 bits per heavy atom. The number of carbonyl (C=O) groups is 3. The molecule has 0 aliphatic rings. The lowest BCUT2D eigenvalue weighted by Gasteiger charge is -2.18. The largest absolute Gasteiger partial charge is 0.462 e. The summed E-state index contributed by atoms with van der Waals surface area (Å²) in [5.41, 5.74) is 0. The van der Waals surface area contributed by atoms with Crippen LogP contribution in [0.25, 0.3) is 0 Å². The van der Waals surface area contributed by atoms with E-state index < -0.39 is 6.10 Å². The Balaban J connectivity index is 4.07. The molecule has 0 aromatic heterocycles. The van der Waals surface area contributed by atoms with E-state index in [0.29, 0.717) is 19.3 Å². The van der Waals surface area contributed by atoms with Gasteiger partial charge in [0.1, 0.15) is 13.2 Å². The standard InChI is InChI=1S/C70H122O6/c1-4-7-10-13-16-18-20-22-24-26-28-30-32-34-35-37-38-40-42-44-46-48-50-52-54-57-60-63-69(72)75-66-67(65-74-68(71)62-59-56-15-12-9-6-3)76-70(73)64-61-58-55-53-51-49-47-45-43-41-39-36-33-31-29-27-25-23-21-19-17-14-11-8-5-2/h8,11,17,19-20,22-23,25-26,28-29,31-32,34,67H,4-7,9-10,12-16,18,21,24,27,30,33,35-66H2,1-3H3/b11-8-,19-17-,22-20-,25-23-,28-26-,31-29-,34-32-. The minimum absolute atomic E-state index is 0.0758. The second-order valence-corrected chi connectivity index (χ2v) is 21.6. The van der Waals surface area contributed by atoms with Crippen LogP contribution in [0.3, 0.4) is 0 Å². The molecule has 438 valence electrons. The second-order valence-electron chi connectivity index (χ2n) is 21.6. The van der Waals surface area contributed by atoms with Gasteiger partial charge >= 0.3 is 17.9 Å². The number of unbranched alkanes of at least 4 members (excludes halogenated alkanes) is 34. The predicted molar refractivity (Wildman–Crippen MR) is 330 cm³/mol. The number of hydrogen-bond donors (Lipinski definition) is 0. The lowest BCUT2D eigenvalue weighted by molar-refractivity contribution is -0.167. The number of allylic oxidation sites excluding steroid dienone is 14. The molecule has 0 aromatic rings. The quantitative estimate of drug-likeness (QED) is 0.0261. The van der Waals surface area contributed by atoms with E-state index in [0.717, 1.165) is 96.3 Å². The van der Waals surface area contributed by atoms with Crippen LogP contribution in [0.1, 0.15) is 323 Å². The van der Waals surface area contributed by atoms with Crippen LogP contribution in [-0.4, -0.2) is 37.2 Å². The molecule has 1 unspecified atom stereocenters. The molecule has 0 rings (SSSR count). The third kappa shape index (κ3) is 61.4. The topological polar surface area (TPSA) is 78.9 Å². The van der Waals surface area contributed by atoms with Crippen molar-refractivity contribution in [3.8, 4) is 0 Å². The third-order valence-electron chi connectivity index (χ3n) is 14.1. The second kappa shape index (κ2) is 64.1. The van der Waals surface area contributed by atoms with Crippen LogP contribution in [0.2, 0.25) is 0 Å². The van der Waals surface area contributed by atoms with Gasteiger partial charge in [-0.15, -0.1) is 0 Å². The van der Waals surface area contributed by atoms with Gasteiger partial charge in [-0.25, -0.2) is 0 Å². The molecule has 1 atom stereocenters. The van der Waals surface area contributed by atoms with Crippen LogP contribution < -0.4 is 0 Å². The zero-order chi connectivity index (χ0) is 55.0. The zero-order valence-electron chi connectivity index (χ0n) is 50.3. The summed E-state index contributed by atoms with van der Waals surface area (Å²) in [6, 6.07) is 0. The highest BCUT2D eigenvalue weighted by Crippen LogP contribution is 2.17. The lowest BCUT2D eigenvalue weighted by atomic mass is 10.0. The minimum atomic E-state index is -0.775. The van der Waals surface area contributed by atoms with E-state index in [1.54, 1.807) is 0 Å². The first-order chi connectivity index (χ1) is 37.5. The summed E-state index contributed by atoms with van der Waals surface area (Å²) in [4.78, 5) is 38.0. The normalized spacial score (nSPS) is 12.6. The molecule has 0 fully saturated rings. The van der Waals surface area contributed by atoms with E-state index in [9.17, 15) is 14.4 Å². The van der Waals surface area contributed by atoms with E-state index in [1.807, 2.05) is 0 Å². The molecule has 0 spiro atoms. The first-order valence-electron chi connectivity index (χ1n) is 32.6. The van der Waals surface area contributed by atoms with E-state index in [-0.39, 0.29) is 31.1 Å². The fourth-order valence-electron chi connectivity index (χ4n) is 9.27. The summed E-state index contributed by atoms with van der Waals surface area (Å²) in [6.07, 6.45) is 84.9. The fraction of sp³-hybridized carbons (Fsp3) is 0.757. The SMILES string of the molecule is CC/C=C\C/C=C\C/C=C\C/C=C\CCCCCCCCCCCCCCC(=O)OC(COC(=O)CCCCCCCC)COC(=O)CCCCCCCCCCCCCC/C=C\C/C=C\C/C=C\CCCCCCC. The maximum atomic E-state index is 12.9. The number of hydrogen-bond acceptors (Lipinski definition) is 6. The van der Waals surface area contributed by atoms with Crippen LogP contribution in [0.5, 0.6) is 0 Å². The van der Waals surface area contributed by atoms with Crippen LogP contribution in [0, 0.1) is 0 Å². The van der Waals surface area contributed by atoms with Crippen molar-refractivity contribution in [3.63, 3.8) is 0 Å². The van der Waals surface area contributed by atoms with Crippen molar-refractivity contribution in [2.24, 2.45) is 0 Å². The molecule has 0 amide bonds. The van der Waals surface area contributed by atoms with Gasteiger partial charge < -0.3 is 14.2 Å². The number of rotatable bonds is 59. The third-order valence-corrected chi connectivity index (χ3v) is 14.1. The van der Waals surface area contributed by atoms with Gasteiger partial charge in [-0.05, 0) is 96.3 Å². The molecule has 0 N–H and O–H groups in total. The van der Waals surface area contributed by atoms with Gasteiger partial charge in [-0.3, -0.25) is 14.4 Å². The van der Waals surface area contributed by atoms with Crippen molar-refractivity contribution >= 4 is 17.9 Å². The highest BCUT2D eigenvalue weighted by atomic mass is 16.6. The molecule has 0 aliphatic heterocycles. The smallest absolute Gasteiger partial charge is 0.306 e. The molecule has 0 aliphatic carbocycles. The Kier molecular flexibility index (Phi) is 61.2. The number of ether oxygens (including phenoxy) is 3. The van der Waals surface area contributed by atoms with Crippen molar-refractivity contribution in [2.75, 3.05) is 13.2 Å².